The molecular weight excluding hydrogens is 226 g/mol. The number of ether oxygens (including phenoxy) is 1. The SMILES string of the molecule is COc1ccc(Cl)cc1C(=O)CCN(C)C. The molecule has 0 fully saturated rings. The maximum Gasteiger partial charge on any atom is 0.167 e. The summed E-state index contributed by atoms with van der Waals surface area (Å²) >= 11 is 5.86. The summed E-state index contributed by atoms with van der Waals surface area (Å²) in [5.74, 6) is 0.626. The lowest BCUT2D eigenvalue weighted by Gasteiger charge is -2.10. The number of methoxy groups -OCH3 is 1. The van der Waals surface area contributed by atoms with Gasteiger partial charge in [-0.3, -0.25) is 4.79 Å². The van der Waals surface area contributed by atoms with Crippen LogP contribution in [0.1, 0.15) is 16.8 Å². The number of carbonyl (C=O) groups excluding carboxylic acids is 1. The monoisotopic (exact) mass is 241 g/mol. The number of hydrogen-bond donors (Lipinski definition) is 0. The first-order valence-electron chi connectivity index (χ1n) is 5.06. The van der Waals surface area contributed by atoms with E-state index < -0.39 is 0 Å². The Labute approximate surface area is 101 Å². The molecule has 0 aromatic heterocycles. The molecule has 1 rings (SSSR count). The van der Waals surface area contributed by atoms with Crippen LogP contribution in [0.3, 0.4) is 0 Å². The normalized spacial score (nSPS) is 10.6. The summed E-state index contributed by atoms with van der Waals surface area (Å²) in [5.41, 5.74) is 0.553. The molecule has 0 unspecified atom stereocenters. The zero-order valence-corrected chi connectivity index (χ0v) is 10.5. The highest BCUT2D eigenvalue weighted by atomic mass is 35.5. The first-order valence-corrected chi connectivity index (χ1v) is 5.44. The molecule has 0 aliphatic rings. The Bertz CT molecular complexity index is 377. The first-order chi connectivity index (χ1) is 7.54. The summed E-state index contributed by atoms with van der Waals surface area (Å²) in [6.07, 6.45) is 0.462. The second-order valence-electron chi connectivity index (χ2n) is 3.82. The highest BCUT2D eigenvalue weighted by Gasteiger charge is 2.12. The molecule has 0 radical (unpaired) electrons. The Morgan fingerprint density at radius 3 is 2.69 bits per heavy atom. The van der Waals surface area contributed by atoms with Crippen LogP contribution >= 0.6 is 11.6 Å². The number of Topliss-reactive ketones (excluding diaryl/α,β-unsaturated/α-hetero) is 1. The van der Waals surface area contributed by atoms with E-state index in [0.717, 1.165) is 0 Å². The van der Waals surface area contributed by atoms with Crippen molar-refractivity contribution in [1.82, 2.24) is 4.90 Å². The van der Waals surface area contributed by atoms with E-state index in [0.29, 0.717) is 29.3 Å². The summed E-state index contributed by atoms with van der Waals surface area (Å²) < 4.78 is 5.14. The molecule has 1 aromatic carbocycles. The highest BCUT2D eigenvalue weighted by molar-refractivity contribution is 6.31. The standard InChI is InChI=1S/C12H16ClNO2/c1-14(2)7-6-11(15)10-8-9(13)4-5-12(10)16-3/h4-5,8H,6-7H2,1-3H3. The van der Waals surface area contributed by atoms with Gasteiger partial charge in [0.25, 0.3) is 0 Å². The third-order valence-corrected chi connectivity index (χ3v) is 2.48. The Morgan fingerprint density at radius 1 is 1.44 bits per heavy atom. The Kier molecular flexibility index (Phi) is 4.77. The minimum atomic E-state index is 0.0491. The van der Waals surface area contributed by atoms with E-state index in [2.05, 4.69) is 0 Å². The molecule has 4 heteroatoms. The van der Waals surface area contributed by atoms with Crippen molar-refractivity contribution in [3.63, 3.8) is 0 Å². The van der Waals surface area contributed by atoms with Crippen molar-refractivity contribution >= 4 is 17.4 Å². The lowest BCUT2D eigenvalue weighted by Crippen LogP contribution is -2.17. The van der Waals surface area contributed by atoms with E-state index in [-0.39, 0.29) is 5.78 Å². The summed E-state index contributed by atoms with van der Waals surface area (Å²) in [6, 6.07) is 5.08. The zero-order chi connectivity index (χ0) is 12.1. The minimum absolute atomic E-state index is 0.0491. The van der Waals surface area contributed by atoms with Crippen molar-refractivity contribution in [1.29, 1.82) is 0 Å². The third kappa shape index (κ3) is 3.51. The molecule has 0 aliphatic heterocycles. The summed E-state index contributed by atoms with van der Waals surface area (Å²) in [5, 5.41) is 0.550. The van der Waals surface area contributed by atoms with Crippen LogP contribution < -0.4 is 4.74 Å². The molecule has 1 aromatic rings. The molecule has 0 aliphatic carbocycles. The smallest absolute Gasteiger partial charge is 0.167 e. The molecule has 88 valence electrons. The van der Waals surface area contributed by atoms with E-state index in [1.165, 1.54) is 0 Å². The van der Waals surface area contributed by atoms with Gasteiger partial charge in [0.05, 0.1) is 12.7 Å². The Morgan fingerprint density at radius 2 is 2.12 bits per heavy atom. The van der Waals surface area contributed by atoms with Crippen LogP contribution in [-0.4, -0.2) is 38.4 Å². The van der Waals surface area contributed by atoms with Crippen molar-refractivity contribution in [2.75, 3.05) is 27.7 Å². The summed E-state index contributed by atoms with van der Waals surface area (Å²) in [7, 11) is 5.41. The highest BCUT2D eigenvalue weighted by Crippen LogP contribution is 2.23. The average Bonchev–Trinajstić information content (AvgIpc) is 2.25. The first kappa shape index (κ1) is 13.0. The van der Waals surface area contributed by atoms with Crippen LogP contribution in [-0.2, 0) is 0 Å². The maximum atomic E-state index is 11.9. The lowest BCUT2D eigenvalue weighted by atomic mass is 10.1. The second kappa shape index (κ2) is 5.87. The molecule has 0 atom stereocenters. The predicted octanol–water partition coefficient (Wildman–Crippen LogP) is 2.48. The van der Waals surface area contributed by atoms with Crippen molar-refractivity contribution < 1.29 is 9.53 Å². The van der Waals surface area contributed by atoms with Gasteiger partial charge >= 0.3 is 0 Å². The third-order valence-electron chi connectivity index (χ3n) is 2.25. The number of carbonyl (C=O) groups is 1. The fourth-order valence-electron chi connectivity index (χ4n) is 1.36. The average molecular weight is 242 g/mol. The van der Waals surface area contributed by atoms with Gasteiger partial charge < -0.3 is 9.64 Å². The van der Waals surface area contributed by atoms with Gasteiger partial charge in [-0.2, -0.15) is 0 Å². The van der Waals surface area contributed by atoms with Gasteiger partial charge in [-0.05, 0) is 32.3 Å². The van der Waals surface area contributed by atoms with Crippen molar-refractivity contribution in [3.05, 3.63) is 28.8 Å². The lowest BCUT2D eigenvalue weighted by molar-refractivity contribution is 0.0969. The van der Waals surface area contributed by atoms with Crippen LogP contribution in [0.25, 0.3) is 0 Å². The van der Waals surface area contributed by atoms with Crippen LogP contribution in [0.15, 0.2) is 18.2 Å². The van der Waals surface area contributed by atoms with E-state index in [4.69, 9.17) is 16.3 Å². The zero-order valence-electron chi connectivity index (χ0n) is 9.79. The van der Waals surface area contributed by atoms with E-state index in [9.17, 15) is 4.79 Å². The number of ketones is 1. The predicted molar refractivity (Wildman–Crippen MR) is 65.5 cm³/mol. The number of rotatable bonds is 5. The minimum Gasteiger partial charge on any atom is -0.496 e. The van der Waals surface area contributed by atoms with Gasteiger partial charge in [0.1, 0.15) is 5.75 Å². The molecule has 0 saturated carbocycles. The van der Waals surface area contributed by atoms with Crippen LogP contribution in [0, 0.1) is 0 Å². The number of hydrogen-bond acceptors (Lipinski definition) is 3. The Balaban J connectivity index is 2.84. The van der Waals surface area contributed by atoms with Crippen molar-refractivity contribution in [2.45, 2.75) is 6.42 Å². The van der Waals surface area contributed by atoms with E-state index in [1.54, 1.807) is 25.3 Å². The van der Waals surface area contributed by atoms with Gasteiger partial charge in [0.2, 0.25) is 0 Å². The summed E-state index contributed by atoms with van der Waals surface area (Å²) in [6.45, 7) is 0.717. The van der Waals surface area contributed by atoms with Crippen LogP contribution in [0.4, 0.5) is 0 Å². The topological polar surface area (TPSA) is 29.5 Å². The van der Waals surface area contributed by atoms with Gasteiger partial charge in [-0.1, -0.05) is 11.6 Å². The maximum absolute atomic E-state index is 11.9. The van der Waals surface area contributed by atoms with Crippen molar-refractivity contribution in [3.8, 4) is 5.75 Å². The molecule has 0 amide bonds. The quantitative estimate of drug-likeness (QED) is 0.742. The van der Waals surface area contributed by atoms with Crippen LogP contribution in [0.2, 0.25) is 5.02 Å². The van der Waals surface area contributed by atoms with E-state index >= 15 is 0 Å². The fourth-order valence-corrected chi connectivity index (χ4v) is 1.53. The molecule has 0 spiro atoms. The van der Waals surface area contributed by atoms with Gasteiger partial charge in [-0.25, -0.2) is 0 Å². The second-order valence-corrected chi connectivity index (χ2v) is 4.26. The molecule has 0 saturated heterocycles. The molecule has 16 heavy (non-hydrogen) atoms. The Hall–Kier alpha value is -1.06. The molecular formula is C12H16ClNO2. The number of nitrogens with zero attached hydrogens (tertiary/aromatic N) is 1. The number of benzene rings is 1. The number of halogens is 1. The van der Waals surface area contributed by atoms with Crippen molar-refractivity contribution in [2.24, 2.45) is 0 Å². The van der Waals surface area contributed by atoms with Gasteiger partial charge in [0, 0.05) is 18.0 Å². The summed E-state index contributed by atoms with van der Waals surface area (Å²) in [4.78, 5) is 13.9. The molecule has 0 bridgehead atoms. The van der Waals surface area contributed by atoms with E-state index in [1.807, 2.05) is 19.0 Å². The molecule has 0 heterocycles. The molecule has 0 N–H and O–H groups in total. The molecule has 3 nitrogen and oxygen atoms in total. The van der Waals surface area contributed by atoms with Gasteiger partial charge in [-0.15, -0.1) is 0 Å². The fraction of sp³-hybridized carbons (Fsp3) is 0.417. The largest absolute Gasteiger partial charge is 0.496 e. The van der Waals surface area contributed by atoms with Crippen LogP contribution in [0.5, 0.6) is 5.75 Å². The van der Waals surface area contributed by atoms with Gasteiger partial charge in [0.15, 0.2) is 5.78 Å².